The van der Waals surface area contributed by atoms with Crippen LogP contribution in [-0.2, 0) is 22.6 Å². The highest BCUT2D eigenvalue weighted by Crippen LogP contribution is 2.17. The smallest absolute Gasteiger partial charge is 0.258 e. The molecule has 5 nitrogen and oxygen atoms in total. The van der Waals surface area contributed by atoms with Crippen LogP contribution < -0.4 is 10.1 Å². The molecule has 1 heterocycles. The number of morpholine rings is 1. The number of carbonyl (C=O) groups excluding carboxylic acids is 1. The van der Waals surface area contributed by atoms with Crippen LogP contribution in [0.3, 0.4) is 0 Å². The number of ether oxygens (including phenoxy) is 2. The minimum atomic E-state index is -0.161. The largest absolute Gasteiger partial charge is 0.484 e. The van der Waals surface area contributed by atoms with E-state index < -0.39 is 0 Å². The van der Waals surface area contributed by atoms with Crippen LogP contribution in [0.5, 0.6) is 5.75 Å². The highest BCUT2D eigenvalue weighted by molar-refractivity contribution is 6.30. The average Bonchev–Trinajstić information content (AvgIpc) is 2.66. The molecule has 0 saturated carbocycles. The van der Waals surface area contributed by atoms with Crippen LogP contribution in [0.15, 0.2) is 48.5 Å². The number of rotatable bonds is 7. The van der Waals surface area contributed by atoms with Gasteiger partial charge >= 0.3 is 0 Å². The Bertz CT molecular complexity index is 733. The van der Waals surface area contributed by atoms with E-state index in [-0.39, 0.29) is 12.5 Å². The monoisotopic (exact) mass is 374 g/mol. The molecule has 1 fully saturated rings. The molecule has 2 aromatic carbocycles. The van der Waals surface area contributed by atoms with Crippen molar-refractivity contribution >= 4 is 17.5 Å². The van der Waals surface area contributed by atoms with Crippen molar-refractivity contribution in [1.82, 2.24) is 10.2 Å². The van der Waals surface area contributed by atoms with Gasteiger partial charge in [0.15, 0.2) is 6.61 Å². The molecule has 0 radical (unpaired) electrons. The number of benzene rings is 2. The van der Waals surface area contributed by atoms with Gasteiger partial charge in [0.05, 0.1) is 13.2 Å². The Morgan fingerprint density at radius 3 is 2.65 bits per heavy atom. The van der Waals surface area contributed by atoms with E-state index in [2.05, 4.69) is 16.3 Å². The maximum atomic E-state index is 12.1. The average molecular weight is 375 g/mol. The standard InChI is InChI=1S/C20H23ClN2O3/c21-18-6-3-7-19(12-18)26-15-20(24)22-13-16-4-1-2-5-17(16)14-23-8-10-25-11-9-23/h1-7,12H,8-11,13-15H2,(H,22,24). The van der Waals surface area contributed by atoms with Crippen molar-refractivity contribution in [2.24, 2.45) is 0 Å². The normalized spacial score (nSPS) is 14.8. The molecule has 6 heteroatoms. The fraction of sp³-hybridized carbons (Fsp3) is 0.350. The number of hydrogen-bond donors (Lipinski definition) is 1. The predicted octanol–water partition coefficient (Wildman–Crippen LogP) is 2.87. The molecule has 1 saturated heterocycles. The summed E-state index contributed by atoms with van der Waals surface area (Å²) in [6, 6.07) is 15.2. The fourth-order valence-electron chi connectivity index (χ4n) is 2.83. The van der Waals surface area contributed by atoms with Crippen LogP contribution in [0.4, 0.5) is 0 Å². The van der Waals surface area contributed by atoms with Crippen LogP contribution in [0.2, 0.25) is 5.02 Å². The summed E-state index contributed by atoms with van der Waals surface area (Å²) in [6.07, 6.45) is 0. The summed E-state index contributed by atoms with van der Waals surface area (Å²) in [5.74, 6) is 0.423. The third kappa shape index (κ3) is 5.73. The van der Waals surface area contributed by atoms with E-state index in [1.54, 1.807) is 24.3 Å². The van der Waals surface area contributed by atoms with Gasteiger partial charge in [0.2, 0.25) is 0 Å². The summed E-state index contributed by atoms with van der Waals surface area (Å²) < 4.78 is 10.9. The lowest BCUT2D eigenvalue weighted by atomic mass is 10.1. The number of nitrogens with zero attached hydrogens (tertiary/aromatic N) is 1. The summed E-state index contributed by atoms with van der Waals surface area (Å²) in [5.41, 5.74) is 2.35. The predicted molar refractivity (Wildman–Crippen MR) is 101 cm³/mol. The first-order chi connectivity index (χ1) is 12.7. The van der Waals surface area contributed by atoms with E-state index in [0.717, 1.165) is 38.4 Å². The van der Waals surface area contributed by atoms with Gasteiger partial charge in [0.1, 0.15) is 5.75 Å². The molecule has 0 unspecified atom stereocenters. The fourth-order valence-corrected chi connectivity index (χ4v) is 3.02. The Labute approximate surface area is 158 Å². The molecule has 0 bridgehead atoms. The maximum Gasteiger partial charge on any atom is 0.258 e. The molecule has 0 spiro atoms. The van der Waals surface area contributed by atoms with Crippen molar-refractivity contribution in [1.29, 1.82) is 0 Å². The highest BCUT2D eigenvalue weighted by Gasteiger charge is 2.13. The Hall–Kier alpha value is -2.08. The van der Waals surface area contributed by atoms with E-state index in [0.29, 0.717) is 17.3 Å². The minimum Gasteiger partial charge on any atom is -0.484 e. The first-order valence-electron chi connectivity index (χ1n) is 8.72. The molecular formula is C20H23ClN2O3. The van der Waals surface area contributed by atoms with Gasteiger partial charge in [-0.3, -0.25) is 9.69 Å². The number of hydrogen-bond acceptors (Lipinski definition) is 4. The Kier molecular flexibility index (Phi) is 6.89. The first-order valence-corrected chi connectivity index (χ1v) is 9.10. The number of carbonyl (C=O) groups is 1. The Morgan fingerprint density at radius 1 is 1.12 bits per heavy atom. The SMILES string of the molecule is O=C(COc1cccc(Cl)c1)NCc1ccccc1CN1CCOCC1. The molecule has 3 rings (SSSR count). The van der Waals surface area contributed by atoms with Gasteiger partial charge in [-0.2, -0.15) is 0 Å². The van der Waals surface area contributed by atoms with Crippen molar-refractivity contribution in [3.8, 4) is 5.75 Å². The second-order valence-electron chi connectivity index (χ2n) is 6.18. The van der Waals surface area contributed by atoms with E-state index >= 15 is 0 Å². The molecule has 0 atom stereocenters. The number of halogens is 1. The molecule has 2 aromatic rings. The zero-order chi connectivity index (χ0) is 18.2. The summed E-state index contributed by atoms with van der Waals surface area (Å²) in [6.45, 7) is 4.75. The Morgan fingerprint density at radius 2 is 1.88 bits per heavy atom. The lowest BCUT2D eigenvalue weighted by Crippen LogP contribution is -2.36. The Balaban J connectivity index is 1.50. The molecule has 0 aliphatic carbocycles. The van der Waals surface area contributed by atoms with E-state index in [4.69, 9.17) is 21.1 Å². The quantitative estimate of drug-likeness (QED) is 0.809. The van der Waals surface area contributed by atoms with Gasteiger partial charge in [-0.1, -0.05) is 41.9 Å². The van der Waals surface area contributed by atoms with Gasteiger partial charge in [-0.25, -0.2) is 0 Å². The lowest BCUT2D eigenvalue weighted by Gasteiger charge is -2.27. The second-order valence-corrected chi connectivity index (χ2v) is 6.62. The lowest BCUT2D eigenvalue weighted by molar-refractivity contribution is -0.123. The van der Waals surface area contributed by atoms with Crippen LogP contribution >= 0.6 is 11.6 Å². The first kappa shape index (κ1) is 18.7. The van der Waals surface area contributed by atoms with Gasteiger partial charge in [-0.15, -0.1) is 0 Å². The van der Waals surface area contributed by atoms with Crippen molar-refractivity contribution < 1.29 is 14.3 Å². The topological polar surface area (TPSA) is 50.8 Å². The number of amides is 1. The van der Waals surface area contributed by atoms with Crippen molar-refractivity contribution in [2.45, 2.75) is 13.1 Å². The van der Waals surface area contributed by atoms with Crippen molar-refractivity contribution in [3.63, 3.8) is 0 Å². The van der Waals surface area contributed by atoms with Crippen LogP contribution in [0.25, 0.3) is 0 Å². The summed E-state index contributed by atoms with van der Waals surface area (Å²) in [5, 5.41) is 3.50. The number of nitrogens with one attached hydrogen (secondary N) is 1. The van der Waals surface area contributed by atoms with Gasteiger partial charge in [-0.05, 0) is 29.3 Å². The van der Waals surface area contributed by atoms with E-state index in [1.807, 2.05) is 18.2 Å². The molecular weight excluding hydrogens is 352 g/mol. The van der Waals surface area contributed by atoms with Gasteiger partial charge < -0.3 is 14.8 Å². The third-order valence-corrected chi connectivity index (χ3v) is 4.49. The highest BCUT2D eigenvalue weighted by atomic mass is 35.5. The zero-order valence-electron chi connectivity index (χ0n) is 14.6. The van der Waals surface area contributed by atoms with E-state index in [1.165, 1.54) is 5.56 Å². The van der Waals surface area contributed by atoms with Crippen LogP contribution in [-0.4, -0.2) is 43.7 Å². The summed E-state index contributed by atoms with van der Waals surface area (Å²) in [4.78, 5) is 14.4. The van der Waals surface area contributed by atoms with Gasteiger partial charge in [0.25, 0.3) is 5.91 Å². The van der Waals surface area contributed by atoms with Crippen molar-refractivity contribution in [2.75, 3.05) is 32.9 Å². The third-order valence-electron chi connectivity index (χ3n) is 4.26. The maximum absolute atomic E-state index is 12.1. The zero-order valence-corrected chi connectivity index (χ0v) is 15.4. The van der Waals surface area contributed by atoms with Gasteiger partial charge in [0, 0.05) is 31.2 Å². The molecule has 1 amide bonds. The molecule has 1 aliphatic rings. The van der Waals surface area contributed by atoms with Crippen LogP contribution in [0.1, 0.15) is 11.1 Å². The second kappa shape index (κ2) is 9.57. The molecule has 0 aromatic heterocycles. The van der Waals surface area contributed by atoms with E-state index in [9.17, 15) is 4.79 Å². The molecule has 26 heavy (non-hydrogen) atoms. The minimum absolute atomic E-state index is 0.0357. The molecule has 1 N–H and O–H groups in total. The molecule has 138 valence electrons. The summed E-state index contributed by atoms with van der Waals surface area (Å²) in [7, 11) is 0. The van der Waals surface area contributed by atoms with Crippen LogP contribution in [0, 0.1) is 0 Å². The molecule has 1 aliphatic heterocycles. The summed E-state index contributed by atoms with van der Waals surface area (Å²) >= 11 is 5.91. The van der Waals surface area contributed by atoms with Crippen molar-refractivity contribution in [3.05, 3.63) is 64.7 Å².